The van der Waals surface area contributed by atoms with Crippen LogP contribution >= 0.6 is 0 Å². The predicted molar refractivity (Wildman–Crippen MR) is 73.8 cm³/mol. The van der Waals surface area contributed by atoms with E-state index in [1.807, 2.05) is 0 Å². The molecule has 0 unspecified atom stereocenters. The van der Waals surface area contributed by atoms with Gasteiger partial charge in [-0.25, -0.2) is 8.42 Å². The summed E-state index contributed by atoms with van der Waals surface area (Å²) in [4.78, 5) is -0.725. The van der Waals surface area contributed by atoms with Crippen molar-refractivity contribution in [2.75, 3.05) is 18.4 Å². The second-order valence-corrected chi connectivity index (χ2v) is 6.86. The fraction of sp³-hybridized carbons (Fsp3) is 0.538. The number of halogens is 3. The Balaban J connectivity index is 2.10. The van der Waals surface area contributed by atoms with Crippen LogP contribution in [0.15, 0.2) is 29.2 Å². The molecule has 2 rings (SSSR count). The number of benzene rings is 1. The van der Waals surface area contributed by atoms with E-state index in [1.165, 1.54) is 18.2 Å². The summed E-state index contributed by atoms with van der Waals surface area (Å²) >= 11 is 0. The summed E-state index contributed by atoms with van der Waals surface area (Å²) in [5, 5.41) is 6.07. The Kier molecular flexibility index (Phi) is 4.77. The van der Waals surface area contributed by atoms with Gasteiger partial charge in [-0.1, -0.05) is 12.1 Å². The molecule has 1 aliphatic heterocycles. The molecule has 2 N–H and O–H groups in total. The summed E-state index contributed by atoms with van der Waals surface area (Å²) in [5.41, 5.74) is -5.30. The summed E-state index contributed by atoms with van der Waals surface area (Å²) in [6.07, 6.45) is 2.86. The number of alkyl halides is 3. The van der Waals surface area contributed by atoms with Crippen molar-refractivity contribution in [2.45, 2.75) is 35.7 Å². The van der Waals surface area contributed by atoms with E-state index >= 15 is 0 Å². The Labute approximate surface area is 121 Å². The third kappa shape index (κ3) is 3.68. The van der Waals surface area contributed by atoms with E-state index < -0.39 is 20.2 Å². The van der Waals surface area contributed by atoms with Crippen molar-refractivity contribution >= 4 is 15.5 Å². The molecular formula is C13H17F3N2O2S. The summed E-state index contributed by atoms with van der Waals surface area (Å²) in [7, 11) is -5.33. The van der Waals surface area contributed by atoms with Crippen LogP contribution in [0.3, 0.4) is 0 Å². The van der Waals surface area contributed by atoms with Gasteiger partial charge in [0.2, 0.25) is 0 Å². The normalized spacial score (nSPS) is 19.7. The zero-order chi connectivity index (χ0) is 15.5. The highest BCUT2D eigenvalue weighted by atomic mass is 32.2. The molecule has 0 bridgehead atoms. The molecule has 0 aliphatic carbocycles. The Bertz CT molecular complexity index is 581. The minimum Gasteiger partial charge on any atom is -0.384 e. The van der Waals surface area contributed by atoms with Crippen molar-refractivity contribution in [3.8, 4) is 0 Å². The first kappa shape index (κ1) is 16.1. The Morgan fingerprint density at radius 3 is 2.62 bits per heavy atom. The highest BCUT2D eigenvalue weighted by molar-refractivity contribution is 7.92. The van der Waals surface area contributed by atoms with Gasteiger partial charge in [-0.3, -0.25) is 0 Å². The maximum atomic E-state index is 12.6. The van der Waals surface area contributed by atoms with Gasteiger partial charge in [-0.05, 0) is 37.9 Å². The fourth-order valence-electron chi connectivity index (χ4n) is 2.36. The predicted octanol–water partition coefficient (Wildman–Crippen LogP) is 2.53. The molecule has 21 heavy (non-hydrogen) atoms. The molecular weight excluding hydrogens is 305 g/mol. The lowest BCUT2D eigenvalue weighted by Gasteiger charge is -2.15. The van der Waals surface area contributed by atoms with Crippen LogP contribution in [-0.2, 0) is 9.84 Å². The number of sulfone groups is 1. The van der Waals surface area contributed by atoms with Gasteiger partial charge in [0.1, 0.15) is 0 Å². The number of rotatable bonds is 5. The maximum absolute atomic E-state index is 12.6. The van der Waals surface area contributed by atoms with Gasteiger partial charge in [-0.2, -0.15) is 13.2 Å². The van der Waals surface area contributed by atoms with Crippen LogP contribution in [0.5, 0.6) is 0 Å². The SMILES string of the molecule is O=S(=O)(c1ccccc1NCC[C@H]1CCCN1)C(F)(F)F. The van der Waals surface area contributed by atoms with Crippen molar-refractivity contribution in [2.24, 2.45) is 0 Å². The highest BCUT2D eigenvalue weighted by Crippen LogP contribution is 2.34. The molecule has 0 aromatic heterocycles. The minimum atomic E-state index is -5.33. The lowest BCUT2D eigenvalue weighted by molar-refractivity contribution is -0.0435. The van der Waals surface area contributed by atoms with Gasteiger partial charge in [0.05, 0.1) is 10.6 Å². The minimum absolute atomic E-state index is 0.00665. The van der Waals surface area contributed by atoms with Crippen LogP contribution in [0.2, 0.25) is 0 Å². The van der Waals surface area contributed by atoms with Crippen molar-refractivity contribution in [3.63, 3.8) is 0 Å². The van der Waals surface area contributed by atoms with Gasteiger partial charge >= 0.3 is 5.51 Å². The van der Waals surface area contributed by atoms with Crippen molar-refractivity contribution in [1.29, 1.82) is 0 Å². The average Bonchev–Trinajstić information content (AvgIpc) is 2.91. The molecule has 0 saturated carbocycles. The molecule has 1 aliphatic rings. The van der Waals surface area contributed by atoms with E-state index in [1.54, 1.807) is 0 Å². The molecule has 1 heterocycles. The van der Waals surface area contributed by atoms with E-state index in [0.717, 1.165) is 31.9 Å². The number of hydrogen-bond acceptors (Lipinski definition) is 4. The first-order chi connectivity index (χ1) is 9.82. The fourth-order valence-corrected chi connectivity index (χ4v) is 3.29. The molecule has 8 heteroatoms. The van der Waals surface area contributed by atoms with Crippen molar-refractivity contribution in [3.05, 3.63) is 24.3 Å². The zero-order valence-electron chi connectivity index (χ0n) is 11.3. The smallest absolute Gasteiger partial charge is 0.384 e. The number of anilines is 1. The summed E-state index contributed by atoms with van der Waals surface area (Å²) in [6.45, 7) is 1.37. The van der Waals surface area contributed by atoms with Crippen LogP contribution < -0.4 is 10.6 Å². The van der Waals surface area contributed by atoms with Gasteiger partial charge in [0.15, 0.2) is 0 Å². The highest BCUT2D eigenvalue weighted by Gasteiger charge is 2.47. The molecule has 1 fully saturated rings. The molecule has 118 valence electrons. The van der Waals surface area contributed by atoms with Gasteiger partial charge in [0.25, 0.3) is 9.84 Å². The van der Waals surface area contributed by atoms with Crippen LogP contribution in [0.1, 0.15) is 19.3 Å². The monoisotopic (exact) mass is 322 g/mol. The Morgan fingerprint density at radius 2 is 2.00 bits per heavy atom. The lowest BCUT2D eigenvalue weighted by Crippen LogP contribution is -2.26. The maximum Gasteiger partial charge on any atom is 0.501 e. The van der Waals surface area contributed by atoms with Crippen LogP contribution in [0.4, 0.5) is 18.9 Å². The quantitative estimate of drug-likeness (QED) is 0.875. The standard InChI is InChI=1S/C13H17F3N2O2S/c14-13(15,16)21(19,20)12-6-2-1-5-11(12)18-9-7-10-4-3-8-17-10/h1-2,5-6,10,17-18H,3-4,7-9H2/t10-/m1/s1. The molecule has 1 aromatic rings. The molecule has 0 spiro atoms. The summed E-state index contributed by atoms with van der Waals surface area (Å²) in [5.74, 6) is 0. The average molecular weight is 322 g/mol. The zero-order valence-corrected chi connectivity index (χ0v) is 12.1. The van der Waals surface area contributed by atoms with Gasteiger partial charge in [0, 0.05) is 12.6 Å². The first-order valence-electron chi connectivity index (χ1n) is 6.70. The Morgan fingerprint density at radius 1 is 1.29 bits per heavy atom. The molecule has 1 saturated heterocycles. The van der Waals surface area contributed by atoms with Crippen molar-refractivity contribution in [1.82, 2.24) is 5.32 Å². The molecule has 4 nitrogen and oxygen atoms in total. The van der Waals surface area contributed by atoms with E-state index in [9.17, 15) is 21.6 Å². The van der Waals surface area contributed by atoms with Gasteiger partial charge in [-0.15, -0.1) is 0 Å². The topological polar surface area (TPSA) is 58.2 Å². The molecule has 1 atom stereocenters. The second kappa shape index (κ2) is 6.23. The molecule has 1 aromatic carbocycles. The molecule has 0 radical (unpaired) electrons. The van der Waals surface area contributed by atoms with E-state index in [0.29, 0.717) is 12.6 Å². The largest absolute Gasteiger partial charge is 0.501 e. The van der Waals surface area contributed by atoms with Crippen LogP contribution in [0, 0.1) is 0 Å². The third-order valence-corrected chi connectivity index (χ3v) is 5.00. The summed E-state index contributed by atoms with van der Waals surface area (Å²) < 4.78 is 61.0. The van der Waals surface area contributed by atoms with E-state index in [-0.39, 0.29) is 5.69 Å². The van der Waals surface area contributed by atoms with E-state index in [4.69, 9.17) is 0 Å². The number of nitrogens with one attached hydrogen (secondary N) is 2. The number of para-hydroxylation sites is 1. The second-order valence-electron chi connectivity index (χ2n) is 4.95. The van der Waals surface area contributed by atoms with Crippen LogP contribution in [0.25, 0.3) is 0 Å². The molecule has 0 amide bonds. The first-order valence-corrected chi connectivity index (χ1v) is 8.18. The number of hydrogen-bond donors (Lipinski definition) is 2. The Hall–Kier alpha value is -1.28. The lowest BCUT2D eigenvalue weighted by atomic mass is 10.1. The third-order valence-electron chi connectivity index (χ3n) is 3.45. The summed E-state index contributed by atoms with van der Waals surface area (Å²) in [6, 6.07) is 5.44. The van der Waals surface area contributed by atoms with E-state index in [2.05, 4.69) is 10.6 Å². The van der Waals surface area contributed by atoms with Gasteiger partial charge < -0.3 is 10.6 Å². The van der Waals surface area contributed by atoms with Crippen molar-refractivity contribution < 1.29 is 21.6 Å². The van der Waals surface area contributed by atoms with Crippen LogP contribution in [-0.4, -0.2) is 33.1 Å².